The molecular formula is C21H26N2O6S. The van der Waals surface area contributed by atoms with Gasteiger partial charge in [0.05, 0.1) is 26.2 Å². The fourth-order valence-corrected chi connectivity index (χ4v) is 4.34. The van der Waals surface area contributed by atoms with Gasteiger partial charge in [0.25, 0.3) is 0 Å². The van der Waals surface area contributed by atoms with Crippen LogP contribution in [0, 0.1) is 0 Å². The Bertz CT molecular complexity index is 993. The lowest BCUT2D eigenvalue weighted by Crippen LogP contribution is -2.25. The van der Waals surface area contributed by atoms with Gasteiger partial charge in [0, 0.05) is 18.2 Å². The normalized spacial score (nSPS) is 13.6. The monoisotopic (exact) mass is 434 g/mol. The molecule has 0 saturated heterocycles. The van der Waals surface area contributed by atoms with Crippen LogP contribution in [-0.4, -0.2) is 41.7 Å². The maximum atomic E-state index is 12.4. The minimum absolute atomic E-state index is 0.0201. The van der Waals surface area contributed by atoms with Crippen molar-refractivity contribution in [3.05, 3.63) is 42.0 Å². The van der Waals surface area contributed by atoms with Gasteiger partial charge >= 0.3 is 0 Å². The zero-order chi connectivity index (χ0) is 21.7. The molecule has 30 heavy (non-hydrogen) atoms. The van der Waals surface area contributed by atoms with E-state index in [1.54, 1.807) is 24.3 Å². The molecule has 2 aromatic carbocycles. The van der Waals surface area contributed by atoms with E-state index < -0.39 is 10.0 Å². The molecule has 0 heterocycles. The number of aryl methyl sites for hydroxylation is 1. The fraction of sp³-hybridized carbons (Fsp3) is 0.381. The topological polar surface area (TPSA) is 103 Å². The standard InChI is InChI=1S/C21H26N2O6S/c1-27-18-11-14(12-19(28-2)21(18)29-3)7-10-20(24)22-16-5-4-6-17(13-16)30(25,26)23-15-8-9-15/h4-6,11-13,15,23H,7-10H2,1-3H3,(H,22,24). The predicted molar refractivity (Wildman–Crippen MR) is 113 cm³/mol. The first-order chi connectivity index (χ1) is 14.4. The number of rotatable bonds is 10. The Balaban J connectivity index is 1.64. The first-order valence-corrected chi connectivity index (χ1v) is 11.1. The van der Waals surface area contributed by atoms with Crippen molar-refractivity contribution < 1.29 is 27.4 Å². The number of carbonyl (C=O) groups is 1. The van der Waals surface area contributed by atoms with Gasteiger partial charge in [-0.25, -0.2) is 13.1 Å². The van der Waals surface area contributed by atoms with Crippen LogP contribution in [0.1, 0.15) is 24.8 Å². The van der Waals surface area contributed by atoms with E-state index in [0.717, 1.165) is 18.4 Å². The van der Waals surface area contributed by atoms with Crippen molar-refractivity contribution in [2.75, 3.05) is 26.6 Å². The van der Waals surface area contributed by atoms with Crippen LogP contribution in [0.5, 0.6) is 17.2 Å². The van der Waals surface area contributed by atoms with Crippen LogP contribution >= 0.6 is 0 Å². The zero-order valence-corrected chi connectivity index (χ0v) is 18.0. The van der Waals surface area contributed by atoms with E-state index in [4.69, 9.17) is 14.2 Å². The third-order valence-electron chi connectivity index (χ3n) is 4.69. The summed E-state index contributed by atoms with van der Waals surface area (Å²) >= 11 is 0. The van der Waals surface area contributed by atoms with Gasteiger partial charge in [-0.1, -0.05) is 6.07 Å². The molecule has 0 unspecified atom stereocenters. The van der Waals surface area contributed by atoms with Crippen LogP contribution in [0.15, 0.2) is 41.3 Å². The van der Waals surface area contributed by atoms with Crippen molar-refractivity contribution in [1.82, 2.24) is 4.72 Å². The highest BCUT2D eigenvalue weighted by molar-refractivity contribution is 7.89. The maximum absolute atomic E-state index is 12.4. The summed E-state index contributed by atoms with van der Waals surface area (Å²) < 4.78 is 43.3. The quantitative estimate of drug-likeness (QED) is 0.596. The molecule has 0 aromatic heterocycles. The molecule has 0 aliphatic heterocycles. The summed E-state index contributed by atoms with van der Waals surface area (Å²) in [6.07, 6.45) is 2.37. The molecule has 0 radical (unpaired) electrons. The van der Waals surface area contributed by atoms with E-state index in [0.29, 0.717) is 29.4 Å². The van der Waals surface area contributed by atoms with Gasteiger partial charge in [0.1, 0.15) is 0 Å². The SMILES string of the molecule is COc1cc(CCC(=O)Nc2cccc(S(=O)(=O)NC3CC3)c2)cc(OC)c1OC. The predicted octanol–water partition coefficient (Wildman–Crippen LogP) is 2.72. The molecule has 3 rings (SSSR count). The number of amides is 1. The van der Waals surface area contributed by atoms with E-state index >= 15 is 0 Å². The van der Waals surface area contributed by atoms with Gasteiger partial charge in [0.2, 0.25) is 21.7 Å². The highest BCUT2D eigenvalue weighted by Crippen LogP contribution is 2.38. The van der Waals surface area contributed by atoms with Gasteiger partial charge in [-0.05, 0) is 55.2 Å². The summed E-state index contributed by atoms with van der Waals surface area (Å²) in [6.45, 7) is 0. The summed E-state index contributed by atoms with van der Waals surface area (Å²) in [7, 11) is 1.03. The average Bonchev–Trinajstić information content (AvgIpc) is 3.54. The Kier molecular flexibility index (Phi) is 6.84. The minimum Gasteiger partial charge on any atom is -0.493 e. The number of hydrogen-bond acceptors (Lipinski definition) is 6. The minimum atomic E-state index is -3.57. The molecule has 2 N–H and O–H groups in total. The molecule has 1 aliphatic rings. The molecule has 1 amide bonds. The van der Waals surface area contributed by atoms with Gasteiger partial charge in [-0.15, -0.1) is 0 Å². The average molecular weight is 435 g/mol. The third-order valence-corrected chi connectivity index (χ3v) is 6.21. The van der Waals surface area contributed by atoms with E-state index in [-0.39, 0.29) is 23.3 Å². The second-order valence-corrected chi connectivity index (χ2v) is 8.72. The van der Waals surface area contributed by atoms with Crippen molar-refractivity contribution in [2.24, 2.45) is 0 Å². The van der Waals surface area contributed by atoms with Gasteiger partial charge in [0.15, 0.2) is 11.5 Å². The third kappa shape index (κ3) is 5.43. The number of benzene rings is 2. The van der Waals surface area contributed by atoms with Gasteiger partial charge in [-0.2, -0.15) is 0 Å². The van der Waals surface area contributed by atoms with Crippen molar-refractivity contribution >= 4 is 21.6 Å². The van der Waals surface area contributed by atoms with Crippen LogP contribution in [0.4, 0.5) is 5.69 Å². The first kappa shape index (κ1) is 21.9. The molecule has 0 atom stereocenters. The molecule has 9 heteroatoms. The van der Waals surface area contributed by atoms with Crippen LogP contribution in [0.25, 0.3) is 0 Å². The fourth-order valence-electron chi connectivity index (χ4n) is 2.99. The second-order valence-electron chi connectivity index (χ2n) is 7.01. The van der Waals surface area contributed by atoms with Crippen LogP contribution in [0.3, 0.4) is 0 Å². The lowest BCUT2D eigenvalue weighted by Gasteiger charge is -2.14. The number of carbonyl (C=O) groups excluding carboxylic acids is 1. The smallest absolute Gasteiger partial charge is 0.240 e. The Morgan fingerprint density at radius 1 is 1.03 bits per heavy atom. The van der Waals surface area contributed by atoms with Crippen molar-refractivity contribution in [1.29, 1.82) is 0 Å². The second kappa shape index (κ2) is 9.36. The highest BCUT2D eigenvalue weighted by Gasteiger charge is 2.28. The van der Waals surface area contributed by atoms with Crippen LogP contribution in [-0.2, 0) is 21.2 Å². The molecule has 1 aliphatic carbocycles. The molecule has 1 saturated carbocycles. The summed E-state index contributed by atoms with van der Waals surface area (Å²) in [5.41, 5.74) is 1.29. The van der Waals surface area contributed by atoms with Gasteiger partial charge in [-0.3, -0.25) is 4.79 Å². The molecule has 0 spiro atoms. The Morgan fingerprint density at radius 2 is 1.70 bits per heavy atom. The molecule has 0 bridgehead atoms. The Morgan fingerprint density at radius 3 is 2.27 bits per heavy atom. The lowest BCUT2D eigenvalue weighted by atomic mass is 10.1. The highest BCUT2D eigenvalue weighted by atomic mass is 32.2. The Hall–Kier alpha value is -2.78. The van der Waals surface area contributed by atoms with Crippen molar-refractivity contribution in [3.8, 4) is 17.2 Å². The first-order valence-electron chi connectivity index (χ1n) is 9.57. The number of hydrogen-bond donors (Lipinski definition) is 2. The van der Waals surface area contributed by atoms with E-state index in [9.17, 15) is 13.2 Å². The van der Waals surface area contributed by atoms with Crippen LogP contribution in [0.2, 0.25) is 0 Å². The molecule has 162 valence electrons. The van der Waals surface area contributed by atoms with Crippen LogP contribution < -0.4 is 24.2 Å². The number of sulfonamides is 1. The molecule has 8 nitrogen and oxygen atoms in total. The number of nitrogens with one attached hydrogen (secondary N) is 2. The number of anilines is 1. The van der Waals surface area contributed by atoms with Crippen molar-refractivity contribution in [2.45, 2.75) is 36.6 Å². The van der Waals surface area contributed by atoms with E-state index in [2.05, 4.69) is 10.0 Å². The summed E-state index contributed by atoms with van der Waals surface area (Å²) in [4.78, 5) is 12.5. The van der Waals surface area contributed by atoms with Gasteiger partial charge < -0.3 is 19.5 Å². The Labute approximate surface area is 176 Å². The molecule has 1 fully saturated rings. The largest absolute Gasteiger partial charge is 0.493 e. The number of methoxy groups -OCH3 is 3. The lowest BCUT2D eigenvalue weighted by molar-refractivity contribution is -0.116. The summed E-state index contributed by atoms with van der Waals surface area (Å²) in [6, 6.07) is 9.85. The molecule has 2 aromatic rings. The summed E-state index contributed by atoms with van der Waals surface area (Å²) in [5.74, 6) is 1.31. The van der Waals surface area contributed by atoms with E-state index in [1.165, 1.54) is 33.5 Å². The summed E-state index contributed by atoms with van der Waals surface area (Å²) in [5, 5.41) is 2.76. The zero-order valence-electron chi connectivity index (χ0n) is 17.2. The van der Waals surface area contributed by atoms with Crippen molar-refractivity contribution in [3.63, 3.8) is 0 Å². The van der Waals surface area contributed by atoms with E-state index in [1.807, 2.05) is 0 Å². The maximum Gasteiger partial charge on any atom is 0.240 e. The number of ether oxygens (including phenoxy) is 3. The molecular weight excluding hydrogens is 408 g/mol.